The van der Waals surface area contributed by atoms with Crippen molar-refractivity contribution in [3.05, 3.63) is 59.4 Å². The second-order valence-electron chi connectivity index (χ2n) is 6.27. The van der Waals surface area contributed by atoms with Gasteiger partial charge in [-0.2, -0.15) is 0 Å². The minimum Gasteiger partial charge on any atom is -0.495 e. The molecule has 0 atom stereocenters. The Kier molecular flexibility index (Phi) is 6.10. The summed E-state index contributed by atoms with van der Waals surface area (Å²) in [6.45, 7) is 0.931. The molecule has 0 spiro atoms. The van der Waals surface area contributed by atoms with Crippen LogP contribution in [0.15, 0.2) is 42.5 Å². The Bertz CT molecular complexity index is 867. The monoisotopic (exact) mass is 388 g/mol. The quantitative estimate of drug-likeness (QED) is 0.770. The van der Waals surface area contributed by atoms with Gasteiger partial charge in [-0.1, -0.05) is 18.2 Å². The molecule has 1 N–H and O–H groups in total. The van der Waals surface area contributed by atoms with E-state index in [1.54, 1.807) is 35.2 Å². The molecular formula is C20H21FN2O5. The van der Waals surface area contributed by atoms with Gasteiger partial charge in [-0.25, -0.2) is 14.0 Å². The summed E-state index contributed by atoms with van der Waals surface area (Å²) in [6, 6.07) is 10.7. The van der Waals surface area contributed by atoms with Crippen LogP contribution in [-0.2, 0) is 16.1 Å². The minimum absolute atomic E-state index is 0.155. The molecule has 0 unspecified atom stereocenters. The van der Waals surface area contributed by atoms with Gasteiger partial charge in [0.15, 0.2) is 0 Å². The second-order valence-corrected chi connectivity index (χ2v) is 6.27. The zero-order chi connectivity index (χ0) is 20.1. The first-order valence-electron chi connectivity index (χ1n) is 8.69. The van der Waals surface area contributed by atoms with Gasteiger partial charge in [-0.15, -0.1) is 0 Å². The van der Waals surface area contributed by atoms with Crippen LogP contribution < -0.4 is 10.1 Å². The maximum Gasteiger partial charge on any atom is 0.337 e. The molecule has 2 aromatic carbocycles. The van der Waals surface area contributed by atoms with Crippen LogP contribution in [0.4, 0.5) is 14.9 Å². The summed E-state index contributed by atoms with van der Waals surface area (Å²) >= 11 is 0. The molecule has 1 aliphatic heterocycles. The van der Waals surface area contributed by atoms with E-state index in [1.165, 1.54) is 26.4 Å². The van der Waals surface area contributed by atoms with Crippen LogP contribution in [0.1, 0.15) is 15.9 Å². The van der Waals surface area contributed by atoms with Gasteiger partial charge in [0.1, 0.15) is 11.6 Å². The van der Waals surface area contributed by atoms with E-state index in [4.69, 9.17) is 9.47 Å². The molecule has 2 aromatic rings. The third-order valence-electron chi connectivity index (χ3n) is 4.43. The van der Waals surface area contributed by atoms with Crippen molar-refractivity contribution in [1.29, 1.82) is 0 Å². The van der Waals surface area contributed by atoms with E-state index in [0.29, 0.717) is 35.7 Å². The molecule has 0 radical (unpaired) electrons. The summed E-state index contributed by atoms with van der Waals surface area (Å²) in [7, 11) is 2.76. The Labute approximate surface area is 162 Å². The van der Waals surface area contributed by atoms with Crippen LogP contribution in [-0.4, -0.2) is 50.3 Å². The number of carbonyl (C=O) groups is 2. The summed E-state index contributed by atoms with van der Waals surface area (Å²) in [6.07, 6.45) is -0.159. The lowest BCUT2D eigenvalue weighted by molar-refractivity contribution is -0.0428. The molecule has 1 aliphatic rings. The van der Waals surface area contributed by atoms with Gasteiger partial charge in [0, 0.05) is 5.56 Å². The highest BCUT2D eigenvalue weighted by Gasteiger charge is 2.32. The Morgan fingerprint density at radius 3 is 2.61 bits per heavy atom. The normalized spacial score (nSPS) is 13.6. The van der Waals surface area contributed by atoms with Gasteiger partial charge in [0.25, 0.3) is 0 Å². The summed E-state index contributed by atoms with van der Waals surface area (Å²) in [5, 5.41) is 2.72. The maximum atomic E-state index is 13.6. The Morgan fingerprint density at radius 1 is 1.18 bits per heavy atom. The minimum atomic E-state index is -0.510. The fraction of sp³-hybridized carbons (Fsp3) is 0.300. The first kappa shape index (κ1) is 19.6. The molecule has 2 amide bonds. The molecule has 1 saturated heterocycles. The number of ether oxygens (including phenoxy) is 3. The van der Waals surface area contributed by atoms with Gasteiger partial charge in [0.2, 0.25) is 0 Å². The number of halogens is 1. The smallest absolute Gasteiger partial charge is 0.337 e. The number of methoxy groups -OCH3 is 2. The SMILES string of the molecule is COC(=O)c1ccc(OC)c(NC(=O)N2CC(OCc3ccccc3F)C2)c1. The Morgan fingerprint density at radius 2 is 1.93 bits per heavy atom. The number of rotatable bonds is 6. The molecule has 148 valence electrons. The lowest BCUT2D eigenvalue weighted by Gasteiger charge is -2.38. The molecule has 0 aliphatic carbocycles. The molecule has 28 heavy (non-hydrogen) atoms. The average Bonchev–Trinajstić information content (AvgIpc) is 2.67. The first-order chi connectivity index (χ1) is 13.5. The van der Waals surface area contributed by atoms with Crippen molar-refractivity contribution in [2.24, 2.45) is 0 Å². The number of urea groups is 1. The average molecular weight is 388 g/mol. The zero-order valence-electron chi connectivity index (χ0n) is 15.6. The third kappa shape index (κ3) is 4.40. The lowest BCUT2D eigenvalue weighted by Crippen LogP contribution is -2.56. The van der Waals surface area contributed by atoms with Crippen molar-refractivity contribution in [2.75, 3.05) is 32.6 Å². The Hall–Kier alpha value is -3.13. The highest BCUT2D eigenvalue weighted by molar-refractivity contribution is 5.95. The Balaban J connectivity index is 1.54. The molecule has 0 bridgehead atoms. The van der Waals surface area contributed by atoms with E-state index >= 15 is 0 Å². The fourth-order valence-electron chi connectivity index (χ4n) is 2.78. The van der Waals surface area contributed by atoms with E-state index in [2.05, 4.69) is 10.1 Å². The van der Waals surface area contributed by atoms with Crippen molar-refractivity contribution in [3.8, 4) is 5.75 Å². The van der Waals surface area contributed by atoms with E-state index in [9.17, 15) is 14.0 Å². The van der Waals surface area contributed by atoms with Crippen LogP contribution >= 0.6 is 0 Å². The summed E-state index contributed by atoms with van der Waals surface area (Å²) in [5.74, 6) is -0.397. The predicted molar refractivity (Wildman–Crippen MR) is 99.9 cm³/mol. The third-order valence-corrected chi connectivity index (χ3v) is 4.43. The highest BCUT2D eigenvalue weighted by Crippen LogP contribution is 2.27. The highest BCUT2D eigenvalue weighted by atomic mass is 19.1. The van der Waals surface area contributed by atoms with Gasteiger partial charge in [0.05, 0.1) is 51.3 Å². The largest absolute Gasteiger partial charge is 0.495 e. The number of esters is 1. The zero-order valence-corrected chi connectivity index (χ0v) is 15.6. The van der Waals surface area contributed by atoms with Crippen molar-refractivity contribution in [2.45, 2.75) is 12.7 Å². The number of nitrogens with zero attached hydrogens (tertiary/aromatic N) is 1. The fourth-order valence-corrected chi connectivity index (χ4v) is 2.78. The van der Waals surface area contributed by atoms with E-state index in [-0.39, 0.29) is 24.6 Å². The van der Waals surface area contributed by atoms with Crippen LogP contribution in [0.25, 0.3) is 0 Å². The summed E-state index contributed by atoms with van der Waals surface area (Å²) in [4.78, 5) is 25.6. The van der Waals surface area contributed by atoms with E-state index in [0.717, 1.165) is 0 Å². The number of hydrogen-bond donors (Lipinski definition) is 1. The van der Waals surface area contributed by atoms with Crippen molar-refractivity contribution in [1.82, 2.24) is 4.90 Å². The lowest BCUT2D eigenvalue weighted by atomic mass is 10.1. The van der Waals surface area contributed by atoms with Crippen molar-refractivity contribution < 1.29 is 28.2 Å². The summed E-state index contributed by atoms with van der Waals surface area (Å²) < 4.78 is 29.1. The van der Waals surface area contributed by atoms with E-state index < -0.39 is 5.97 Å². The van der Waals surface area contributed by atoms with Crippen LogP contribution in [0.3, 0.4) is 0 Å². The molecule has 1 fully saturated rings. The number of benzene rings is 2. The molecule has 1 heterocycles. The van der Waals surface area contributed by atoms with Gasteiger partial charge < -0.3 is 24.4 Å². The number of likely N-dealkylation sites (tertiary alicyclic amines) is 1. The predicted octanol–water partition coefficient (Wildman–Crippen LogP) is 3.05. The van der Waals surface area contributed by atoms with Gasteiger partial charge in [-0.3, -0.25) is 0 Å². The first-order valence-corrected chi connectivity index (χ1v) is 8.69. The topological polar surface area (TPSA) is 77.1 Å². The van der Waals surface area contributed by atoms with Crippen molar-refractivity contribution in [3.63, 3.8) is 0 Å². The molecule has 7 nitrogen and oxygen atoms in total. The van der Waals surface area contributed by atoms with Crippen molar-refractivity contribution >= 4 is 17.7 Å². The number of anilines is 1. The maximum absolute atomic E-state index is 13.6. The molecule has 0 aromatic heterocycles. The second kappa shape index (κ2) is 8.71. The molecular weight excluding hydrogens is 367 g/mol. The van der Waals surface area contributed by atoms with Gasteiger partial charge in [-0.05, 0) is 24.3 Å². The van der Waals surface area contributed by atoms with Crippen LogP contribution in [0.5, 0.6) is 5.75 Å². The number of hydrogen-bond acceptors (Lipinski definition) is 5. The van der Waals surface area contributed by atoms with Crippen LogP contribution in [0.2, 0.25) is 0 Å². The molecule has 0 saturated carbocycles. The van der Waals surface area contributed by atoms with Gasteiger partial charge >= 0.3 is 12.0 Å². The molecule has 8 heteroatoms. The number of carbonyl (C=O) groups excluding carboxylic acids is 2. The number of nitrogens with one attached hydrogen (secondary N) is 1. The van der Waals surface area contributed by atoms with Crippen LogP contribution in [0, 0.1) is 5.82 Å². The van der Waals surface area contributed by atoms with E-state index in [1.807, 2.05) is 0 Å². The summed E-state index contributed by atoms with van der Waals surface area (Å²) in [5.41, 5.74) is 1.15. The standard InChI is InChI=1S/C20H21FN2O5/c1-26-18-8-7-13(19(24)27-2)9-17(18)22-20(25)23-10-15(11-23)28-12-14-5-3-4-6-16(14)21/h3-9,15H,10-12H2,1-2H3,(H,22,25). The number of amides is 2. The molecule has 3 rings (SSSR count).